The van der Waals surface area contributed by atoms with Gasteiger partial charge in [-0.15, -0.1) is 0 Å². The second kappa shape index (κ2) is 4.94. The summed E-state index contributed by atoms with van der Waals surface area (Å²) >= 11 is 0. The molecule has 2 saturated heterocycles. The maximum Gasteiger partial charge on any atom is 0.227 e. The van der Waals surface area contributed by atoms with Gasteiger partial charge < -0.3 is 15.0 Å². The molecule has 0 aromatic heterocycles. The second-order valence-electron chi connectivity index (χ2n) is 5.55. The smallest absolute Gasteiger partial charge is 0.227 e. The maximum atomic E-state index is 12.5. The van der Waals surface area contributed by atoms with Crippen LogP contribution in [0.25, 0.3) is 0 Å². The highest BCUT2D eigenvalue weighted by atomic mass is 16.5. The topological polar surface area (TPSA) is 41.6 Å². The van der Waals surface area contributed by atoms with Crippen molar-refractivity contribution >= 4 is 5.91 Å². The predicted octanol–water partition coefficient (Wildman–Crippen LogP) is 0.623. The highest BCUT2D eigenvalue weighted by Gasteiger charge is 2.38. The van der Waals surface area contributed by atoms with E-state index in [2.05, 4.69) is 10.2 Å². The van der Waals surface area contributed by atoms with Crippen LogP contribution in [0.3, 0.4) is 0 Å². The summed E-state index contributed by atoms with van der Waals surface area (Å²) < 4.78 is 5.64. The lowest BCUT2D eigenvalue weighted by atomic mass is 10.0. The van der Waals surface area contributed by atoms with Crippen molar-refractivity contribution in [3.8, 4) is 0 Å². The molecule has 3 atom stereocenters. The molecule has 2 heterocycles. The average molecular weight is 238 g/mol. The molecule has 1 N–H and O–H groups in total. The Labute approximate surface area is 103 Å². The van der Waals surface area contributed by atoms with Crippen LogP contribution in [0.1, 0.15) is 25.7 Å². The van der Waals surface area contributed by atoms with E-state index in [9.17, 15) is 4.79 Å². The minimum absolute atomic E-state index is 0.217. The third-order valence-electron chi connectivity index (χ3n) is 4.52. The van der Waals surface area contributed by atoms with Crippen LogP contribution in [0.2, 0.25) is 0 Å². The Hall–Kier alpha value is -0.610. The molecule has 4 heteroatoms. The zero-order valence-electron chi connectivity index (χ0n) is 10.4. The largest absolute Gasteiger partial charge is 0.379 e. The predicted molar refractivity (Wildman–Crippen MR) is 64.6 cm³/mol. The van der Waals surface area contributed by atoms with Gasteiger partial charge in [-0.1, -0.05) is 6.42 Å². The van der Waals surface area contributed by atoms with Crippen molar-refractivity contribution in [3.05, 3.63) is 0 Å². The van der Waals surface area contributed by atoms with Crippen LogP contribution in [-0.4, -0.2) is 49.7 Å². The lowest BCUT2D eigenvalue weighted by molar-refractivity contribution is -0.137. The number of amides is 1. The summed E-state index contributed by atoms with van der Waals surface area (Å²) in [5.74, 6) is 1.18. The van der Waals surface area contributed by atoms with E-state index in [0.717, 1.165) is 39.3 Å². The Morgan fingerprint density at radius 3 is 3.06 bits per heavy atom. The number of nitrogens with one attached hydrogen (secondary N) is 1. The number of fused-ring (bicyclic) bond motifs is 1. The third kappa shape index (κ3) is 2.20. The van der Waals surface area contributed by atoms with Gasteiger partial charge in [0, 0.05) is 25.0 Å². The van der Waals surface area contributed by atoms with E-state index in [0.29, 0.717) is 17.9 Å². The molecule has 0 aromatic carbocycles. The van der Waals surface area contributed by atoms with Gasteiger partial charge in [0.2, 0.25) is 5.91 Å². The van der Waals surface area contributed by atoms with Crippen molar-refractivity contribution in [3.63, 3.8) is 0 Å². The SMILES string of the molecule is O=C([C@@H]1CCNC1)N1CCOC[C@@H]2CCC[C@H]21. The quantitative estimate of drug-likeness (QED) is 0.728. The van der Waals surface area contributed by atoms with Crippen LogP contribution < -0.4 is 5.32 Å². The fourth-order valence-electron chi connectivity index (χ4n) is 3.56. The van der Waals surface area contributed by atoms with E-state index < -0.39 is 0 Å². The van der Waals surface area contributed by atoms with Gasteiger partial charge in [0.05, 0.1) is 19.1 Å². The number of carbonyl (C=O) groups excluding carboxylic acids is 1. The van der Waals surface area contributed by atoms with Gasteiger partial charge in [-0.05, 0) is 25.8 Å². The Morgan fingerprint density at radius 1 is 1.29 bits per heavy atom. The van der Waals surface area contributed by atoms with Crippen molar-refractivity contribution in [2.24, 2.45) is 11.8 Å². The molecule has 0 unspecified atom stereocenters. The Balaban J connectivity index is 1.72. The molecule has 1 saturated carbocycles. The van der Waals surface area contributed by atoms with E-state index >= 15 is 0 Å². The highest BCUT2D eigenvalue weighted by Crippen LogP contribution is 2.33. The van der Waals surface area contributed by atoms with Gasteiger partial charge >= 0.3 is 0 Å². The minimum atomic E-state index is 0.217. The average Bonchev–Trinajstić information content (AvgIpc) is 2.97. The summed E-state index contributed by atoms with van der Waals surface area (Å²) in [6.07, 6.45) is 4.68. The minimum Gasteiger partial charge on any atom is -0.379 e. The van der Waals surface area contributed by atoms with Gasteiger partial charge in [-0.25, -0.2) is 0 Å². The van der Waals surface area contributed by atoms with Crippen molar-refractivity contribution in [1.82, 2.24) is 10.2 Å². The van der Waals surface area contributed by atoms with E-state index in [1.165, 1.54) is 19.3 Å². The number of rotatable bonds is 1. The molecule has 1 amide bonds. The van der Waals surface area contributed by atoms with Crippen molar-refractivity contribution in [2.45, 2.75) is 31.7 Å². The third-order valence-corrected chi connectivity index (χ3v) is 4.52. The Kier molecular flexibility index (Phi) is 3.34. The molecule has 96 valence electrons. The van der Waals surface area contributed by atoms with Gasteiger partial charge in [0.15, 0.2) is 0 Å². The van der Waals surface area contributed by atoms with Crippen LogP contribution in [0, 0.1) is 11.8 Å². The second-order valence-corrected chi connectivity index (χ2v) is 5.55. The molecular formula is C13H22N2O2. The zero-order chi connectivity index (χ0) is 11.7. The first-order chi connectivity index (χ1) is 8.36. The highest BCUT2D eigenvalue weighted by molar-refractivity contribution is 5.79. The van der Waals surface area contributed by atoms with Crippen LogP contribution in [-0.2, 0) is 9.53 Å². The maximum absolute atomic E-state index is 12.5. The number of ether oxygens (including phenoxy) is 1. The lowest BCUT2D eigenvalue weighted by Gasteiger charge is -2.31. The zero-order valence-corrected chi connectivity index (χ0v) is 10.4. The van der Waals surface area contributed by atoms with Gasteiger partial charge in [-0.3, -0.25) is 4.79 Å². The molecule has 4 nitrogen and oxygen atoms in total. The van der Waals surface area contributed by atoms with E-state index in [1.54, 1.807) is 0 Å². The van der Waals surface area contributed by atoms with Crippen molar-refractivity contribution < 1.29 is 9.53 Å². The first-order valence-corrected chi connectivity index (χ1v) is 6.95. The monoisotopic (exact) mass is 238 g/mol. The Bertz CT molecular complexity index is 289. The normalized spacial score (nSPS) is 37.9. The van der Waals surface area contributed by atoms with E-state index in [1.807, 2.05) is 0 Å². The summed E-state index contributed by atoms with van der Waals surface area (Å²) in [7, 11) is 0. The molecule has 0 bridgehead atoms. The lowest BCUT2D eigenvalue weighted by Crippen LogP contribution is -2.46. The summed E-state index contributed by atoms with van der Waals surface area (Å²) in [5, 5.41) is 3.29. The molecule has 3 fully saturated rings. The fourth-order valence-corrected chi connectivity index (χ4v) is 3.56. The van der Waals surface area contributed by atoms with Crippen LogP contribution >= 0.6 is 0 Å². The summed E-state index contributed by atoms with van der Waals surface area (Å²) in [6.45, 7) is 4.25. The molecule has 2 aliphatic heterocycles. The van der Waals surface area contributed by atoms with Crippen LogP contribution in [0.15, 0.2) is 0 Å². The molecule has 0 spiro atoms. The molecule has 17 heavy (non-hydrogen) atoms. The number of carbonyl (C=O) groups is 1. The summed E-state index contributed by atoms with van der Waals surface area (Å²) in [5.41, 5.74) is 0. The summed E-state index contributed by atoms with van der Waals surface area (Å²) in [4.78, 5) is 14.7. The van der Waals surface area contributed by atoms with Crippen LogP contribution in [0.4, 0.5) is 0 Å². The number of nitrogens with zero attached hydrogens (tertiary/aromatic N) is 1. The molecule has 1 aliphatic carbocycles. The van der Waals surface area contributed by atoms with E-state index in [-0.39, 0.29) is 5.92 Å². The molecular weight excluding hydrogens is 216 g/mol. The molecule has 3 rings (SSSR count). The van der Waals surface area contributed by atoms with Crippen LogP contribution in [0.5, 0.6) is 0 Å². The van der Waals surface area contributed by atoms with Gasteiger partial charge in [0.25, 0.3) is 0 Å². The molecule has 3 aliphatic rings. The number of hydrogen-bond donors (Lipinski definition) is 1. The van der Waals surface area contributed by atoms with Crippen molar-refractivity contribution in [1.29, 1.82) is 0 Å². The molecule has 0 radical (unpaired) electrons. The standard InChI is InChI=1S/C13H22N2O2/c16-13(10-4-5-14-8-10)15-6-7-17-9-11-2-1-3-12(11)15/h10-12,14H,1-9H2/t10-,11+,12-/m1/s1. The van der Waals surface area contributed by atoms with Gasteiger partial charge in [0.1, 0.15) is 0 Å². The van der Waals surface area contributed by atoms with Gasteiger partial charge in [-0.2, -0.15) is 0 Å². The van der Waals surface area contributed by atoms with Crippen molar-refractivity contribution in [2.75, 3.05) is 32.8 Å². The fraction of sp³-hybridized carbons (Fsp3) is 0.923. The summed E-state index contributed by atoms with van der Waals surface area (Å²) in [6, 6.07) is 0.464. The number of hydrogen-bond acceptors (Lipinski definition) is 3. The first-order valence-electron chi connectivity index (χ1n) is 6.95. The Morgan fingerprint density at radius 2 is 2.24 bits per heavy atom. The first kappa shape index (κ1) is 11.5. The van der Waals surface area contributed by atoms with E-state index in [4.69, 9.17) is 4.74 Å². The molecule has 0 aromatic rings.